The fraction of sp³-hybridized carbons (Fsp3) is 0.0909. The molecule has 0 spiro atoms. The van der Waals surface area contributed by atoms with E-state index in [4.69, 9.17) is 0 Å². The van der Waals surface area contributed by atoms with E-state index in [0.717, 1.165) is 22.0 Å². The van der Waals surface area contributed by atoms with Gasteiger partial charge in [-0.1, -0.05) is 24.3 Å². The Labute approximate surface area is 164 Å². The summed E-state index contributed by atoms with van der Waals surface area (Å²) in [5, 5.41) is 5.78. The van der Waals surface area contributed by atoms with E-state index >= 15 is 0 Å². The second-order valence-corrected chi connectivity index (χ2v) is 6.90. The van der Waals surface area contributed by atoms with Crippen LogP contribution >= 0.6 is 0 Å². The summed E-state index contributed by atoms with van der Waals surface area (Å²) in [4.78, 5) is 20.9. The zero-order valence-corrected chi connectivity index (χ0v) is 15.6. The Bertz CT molecular complexity index is 1440. The molecule has 142 valence electrons. The standard InChI is InChI=1S/C22H16FN5O/c1-27-12-18-16(4-2-6-20(18)26-27)14-7-8-15(19(23)10-14)11-28-13-25-21-17(22(28)29)5-3-9-24-21/h2-10,12-13H,11H2,1H3. The Balaban J connectivity index is 1.54. The SMILES string of the molecule is Cn1cc2c(-c3ccc(Cn4cnc5ncccc5c4=O)c(F)c3)cccc2n1. The molecule has 0 atom stereocenters. The van der Waals surface area contributed by atoms with E-state index in [0.29, 0.717) is 16.6 Å². The average molecular weight is 385 g/mol. The number of hydrogen-bond donors (Lipinski definition) is 0. The normalized spacial score (nSPS) is 11.4. The molecule has 3 heterocycles. The largest absolute Gasteiger partial charge is 0.294 e. The van der Waals surface area contributed by atoms with Crippen molar-refractivity contribution in [3.05, 3.63) is 89.0 Å². The van der Waals surface area contributed by atoms with E-state index < -0.39 is 0 Å². The lowest BCUT2D eigenvalue weighted by atomic mass is 10.0. The first-order valence-electron chi connectivity index (χ1n) is 9.11. The molecule has 29 heavy (non-hydrogen) atoms. The van der Waals surface area contributed by atoms with E-state index in [9.17, 15) is 9.18 Å². The van der Waals surface area contributed by atoms with Crippen LogP contribution in [0.25, 0.3) is 33.1 Å². The van der Waals surface area contributed by atoms with E-state index in [2.05, 4.69) is 15.1 Å². The topological polar surface area (TPSA) is 65.6 Å². The molecule has 0 saturated heterocycles. The van der Waals surface area contributed by atoms with Crippen molar-refractivity contribution >= 4 is 21.9 Å². The van der Waals surface area contributed by atoms with Crippen LogP contribution in [0, 0.1) is 5.82 Å². The summed E-state index contributed by atoms with van der Waals surface area (Å²) < 4.78 is 18.0. The molecule has 7 heteroatoms. The predicted octanol–water partition coefficient (Wildman–Crippen LogP) is 3.53. The van der Waals surface area contributed by atoms with Crippen LogP contribution < -0.4 is 5.56 Å². The van der Waals surface area contributed by atoms with Gasteiger partial charge in [0.05, 0.1) is 17.4 Å². The highest BCUT2D eigenvalue weighted by Crippen LogP contribution is 2.29. The minimum Gasteiger partial charge on any atom is -0.294 e. The van der Waals surface area contributed by atoms with E-state index in [1.165, 1.54) is 17.0 Å². The molecule has 0 bridgehead atoms. The predicted molar refractivity (Wildman–Crippen MR) is 109 cm³/mol. The number of pyridine rings is 1. The monoisotopic (exact) mass is 385 g/mol. The van der Waals surface area contributed by atoms with Crippen LogP contribution in [0.3, 0.4) is 0 Å². The van der Waals surface area contributed by atoms with Gasteiger partial charge in [0, 0.05) is 30.4 Å². The molecule has 0 unspecified atom stereocenters. The van der Waals surface area contributed by atoms with Crippen molar-refractivity contribution in [1.29, 1.82) is 0 Å². The van der Waals surface area contributed by atoms with Crippen molar-refractivity contribution in [3.8, 4) is 11.1 Å². The molecule has 6 nitrogen and oxygen atoms in total. The molecule has 5 aromatic rings. The highest BCUT2D eigenvalue weighted by molar-refractivity contribution is 5.94. The first kappa shape index (κ1) is 17.2. The van der Waals surface area contributed by atoms with Gasteiger partial charge < -0.3 is 0 Å². The fourth-order valence-electron chi connectivity index (χ4n) is 3.55. The third kappa shape index (κ3) is 2.97. The van der Waals surface area contributed by atoms with Gasteiger partial charge >= 0.3 is 0 Å². The Morgan fingerprint density at radius 3 is 2.79 bits per heavy atom. The highest BCUT2D eigenvalue weighted by atomic mass is 19.1. The van der Waals surface area contributed by atoms with Crippen molar-refractivity contribution in [3.63, 3.8) is 0 Å². The van der Waals surface area contributed by atoms with Gasteiger partial charge in [-0.2, -0.15) is 5.10 Å². The summed E-state index contributed by atoms with van der Waals surface area (Å²) in [5.74, 6) is -0.374. The van der Waals surface area contributed by atoms with Crippen LogP contribution in [-0.2, 0) is 13.6 Å². The van der Waals surface area contributed by atoms with Crippen molar-refractivity contribution in [2.75, 3.05) is 0 Å². The average Bonchev–Trinajstić information content (AvgIpc) is 3.12. The Hall–Kier alpha value is -3.87. The molecule has 0 radical (unpaired) electrons. The van der Waals surface area contributed by atoms with Crippen LogP contribution in [0.15, 0.2) is 72.0 Å². The summed E-state index contributed by atoms with van der Waals surface area (Å²) in [6.07, 6.45) is 4.91. The van der Waals surface area contributed by atoms with Crippen LogP contribution in [0.5, 0.6) is 0 Å². The fourth-order valence-corrected chi connectivity index (χ4v) is 3.55. The molecule has 0 N–H and O–H groups in total. The van der Waals surface area contributed by atoms with E-state index in [1.54, 1.807) is 29.1 Å². The van der Waals surface area contributed by atoms with Crippen molar-refractivity contribution in [2.45, 2.75) is 6.54 Å². The smallest absolute Gasteiger partial charge is 0.263 e. The van der Waals surface area contributed by atoms with Crippen LogP contribution in [0.2, 0.25) is 0 Å². The lowest BCUT2D eigenvalue weighted by Crippen LogP contribution is -2.21. The van der Waals surface area contributed by atoms with Crippen molar-refractivity contribution < 1.29 is 4.39 Å². The number of aryl methyl sites for hydroxylation is 1. The summed E-state index contributed by atoms with van der Waals surface area (Å²) >= 11 is 0. The molecule has 5 rings (SSSR count). The van der Waals surface area contributed by atoms with Gasteiger partial charge in [0.15, 0.2) is 5.65 Å². The molecule has 0 aliphatic rings. The molecule has 0 aliphatic heterocycles. The maximum absolute atomic E-state index is 14.9. The molecule has 0 saturated carbocycles. The van der Waals surface area contributed by atoms with Crippen molar-refractivity contribution in [1.82, 2.24) is 24.3 Å². The molecule has 2 aromatic carbocycles. The zero-order chi connectivity index (χ0) is 20.0. The summed E-state index contributed by atoms with van der Waals surface area (Å²) in [7, 11) is 1.86. The summed E-state index contributed by atoms with van der Waals surface area (Å²) in [5.41, 5.74) is 3.09. The van der Waals surface area contributed by atoms with Gasteiger partial charge in [0.25, 0.3) is 5.56 Å². The lowest BCUT2D eigenvalue weighted by Gasteiger charge is -2.10. The maximum atomic E-state index is 14.9. The zero-order valence-electron chi connectivity index (χ0n) is 15.6. The third-order valence-electron chi connectivity index (χ3n) is 4.97. The van der Waals surface area contributed by atoms with E-state index in [-0.39, 0.29) is 17.9 Å². The minimum absolute atomic E-state index is 0.0971. The number of aromatic nitrogens is 5. The Kier molecular flexibility index (Phi) is 3.94. The molecular formula is C22H16FN5O. The summed E-state index contributed by atoms with van der Waals surface area (Å²) in [6.45, 7) is 0.0971. The molecule has 3 aromatic heterocycles. The van der Waals surface area contributed by atoms with Crippen molar-refractivity contribution in [2.24, 2.45) is 7.05 Å². The van der Waals surface area contributed by atoms with Crippen LogP contribution in [-0.4, -0.2) is 24.3 Å². The number of rotatable bonds is 3. The Morgan fingerprint density at radius 2 is 1.93 bits per heavy atom. The van der Waals surface area contributed by atoms with Gasteiger partial charge in [0.2, 0.25) is 0 Å². The number of benzene rings is 2. The summed E-state index contributed by atoms with van der Waals surface area (Å²) in [6, 6.07) is 14.2. The maximum Gasteiger partial charge on any atom is 0.263 e. The van der Waals surface area contributed by atoms with Crippen LogP contribution in [0.4, 0.5) is 4.39 Å². The number of hydrogen-bond acceptors (Lipinski definition) is 4. The molecular weight excluding hydrogens is 369 g/mol. The second kappa shape index (κ2) is 6.63. The first-order chi connectivity index (χ1) is 14.1. The highest BCUT2D eigenvalue weighted by Gasteiger charge is 2.12. The van der Waals surface area contributed by atoms with Gasteiger partial charge in [-0.15, -0.1) is 0 Å². The molecule has 0 amide bonds. The molecule has 0 aliphatic carbocycles. The lowest BCUT2D eigenvalue weighted by molar-refractivity contribution is 0.596. The minimum atomic E-state index is -0.374. The van der Waals surface area contributed by atoms with Gasteiger partial charge in [-0.25, -0.2) is 14.4 Å². The third-order valence-corrected chi connectivity index (χ3v) is 4.97. The van der Waals surface area contributed by atoms with E-state index in [1.807, 2.05) is 37.5 Å². The van der Waals surface area contributed by atoms with Gasteiger partial charge in [-0.05, 0) is 35.4 Å². The number of fused-ring (bicyclic) bond motifs is 2. The quantitative estimate of drug-likeness (QED) is 0.477. The number of halogens is 1. The number of nitrogens with zero attached hydrogens (tertiary/aromatic N) is 5. The Morgan fingerprint density at radius 1 is 1.03 bits per heavy atom. The van der Waals surface area contributed by atoms with Crippen LogP contribution in [0.1, 0.15) is 5.56 Å². The second-order valence-electron chi connectivity index (χ2n) is 6.90. The van der Waals surface area contributed by atoms with Gasteiger partial charge in [-0.3, -0.25) is 14.0 Å². The first-order valence-corrected chi connectivity index (χ1v) is 9.11. The van der Waals surface area contributed by atoms with Gasteiger partial charge in [0.1, 0.15) is 12.1 Å². The molecule has 0 fully saturated rings.